The fraction of sp³-hybridized carbons (Fsp3) is 0.148. The SMILES string of the molecule is Cc1ccc(Sc2ccc(/C=C3\SC(=O)N(CC(=O)Nc4cccc(C)c4C)C3=O)cc2)cc1. The molecule has 34 heavy (non-hydrogen) atoms. The molecule has 0 saturated carbocycles. The zero-order chi connectivity index (χ0) is 24.2. The maximum Gasteiger partial charge on any atom is 0.294 e. The molecule has 0 aliphatic carbocycles. The second kappa shape index (κ2) is 10.3. The quantitative estimate of drug-likeness (QED) is 0.405. The van der Waals surface area contributed by atoms with Crippen LogP contribution in [0.4, 0.5) is 10.5 Å². The lowest BCUT2D eigenvalue weighted by Gasteiger charge is -2.14. The number of rotatable bonds is 6. The minimum absolute atomic E-state index is 0.309. The van der Waals surface area contributed by atoms with Crippen molar-refractivity contribution in [1.82, 2.24) is 4.90 Å². The number of thioether (sulfide) groups is 1. The first-order chi connectivity index (χ1) is 16.3. The number of anilines is 1. The van der Waals surface area contributed by atoms with Gasteiger partial charge in [0.25, 0.3) is 11.1 Å². The van der Waals surface area contributed by atoms with Crippen molar-refractivity contribution in [2.45, 2.75) is 30.6 Å². The average Bonchev–Trinajstić information content (AvgIpc) is 3.07. The molecule has 0 unspecified atom stereocenters. The van der Waals surface area contributed by atoms with Crippen LogP contribution >= 0.6 is 23.5 Å². The molecule has 1 saturated heterocycles. The van der Waals surface area contributed by atoms with Crippen molar-refractivity contribution in [3.8, 4) is 0 Å². The molecular formula is C27H24N2O3S2. The highest BCUT2D eigenvalue weighted by Gasteiger charge is 2.36. The lowest BCUT2D eigenvalue weighted by molar-refractivity contribution is -0.127. The third-order valence-electron chi connectivity index (χ3n) is 5.49. The highest BCUT2D eigenvalue weighted by Crippen LogP contribution is 2.33. The summed E-state index contributed by atoms with van der Waals surface area (Å²) < 4.78 is 0. The molecule has 3 aromatic rings. The molecule has 5 nitrogen and oxygen atoms in total. The van der Waals surface area contributed by atoms with E-state index in [9.17, 15) is 14.4 Å². The molecule has 0 aromatic heterocycles. The Balaban J connectivity index is 1.40. The number of carbonyl (C=O) groups excluding carboxylic acids is 3. The van der Waals surface area contributed by atoms with E-state index >= 15 is 0 Å². The first-order valence-corrected chi connectivity index (χ1v) is 12.4. The van der Waals surface area contributed by atoms with Gasteiger partial charge in [0.1, 0.15) is 6.54 Å². The molecule has 1 aliphatic heterocycles. The maximum absolute atomic E-state index is 12.8. The van der Waals surface area contributed by atoms with E-state index in [2.05, 4.69) is 36.5 Å². The lowest BCUT2D eigenvalue weighted by atomic mass is 10.1. The van der Waals surface area contributed by atoms with Gasteiger partial charge < -0.3 is 5.32 Å². The number of hydrogen-bond donors (Lipinski definition) is 1. The molecule has 172 valence electrons. The number of amides is 3. The van der Waals surface area contributed by atoms with Gasteiger partial charge in [0.05, 0.1) is 4.91 Å². The summed E-state index contributed by atoms with van der Waals surface area (Å²) in [7, 11) is 0. The van der Waals surface area contributed by atoms with Crippen LogP contribution in [0.1, 0.15) is 22.3 Å². The van der Waals surface area contributed by atoms with E-state index in [0.717, 1.165) is 43.1 Å². The normalized spacial score (nSPS) is 14.7. The van der Waals surface area contributed by atoms with Gasteiger partial charge in [0.2, 0.25) is 5.91 Å². The summed E-state index contributed by atoms with van der Waals surface area (Å²) in [5.41, 5.74) is 4.72. The topological polar surface area (TPSA) is 66.5 Å². The molecule has 0 radical (unpaired) electrons. The number of nitrogens with zero attached hydrogens (tertiary/aromatic N) is 1. The number of aryl methyl sites for hydroxylation is 2. The predicted octanol–water partition coefficient (Wildman–Crippen LogP) is 6.44. The summed E-state index contributed by atoms with van der Waals surface area (Å²) in [6.45, 7) is 5.61. The van der Waals surface area contributed by atoms with Crippen LogP contribution in [0.15, 0.2) is 81.4 Å². The van der Waals surface area contributed by atoms with Gasteiger partial charge in [-0.1, -0.05) is 53.7 Å². The van der Waals surface area contributed by atoms with Gasteiger partial charge in [-0.3, -0.25) is 19.3 Å². The molecule has 0 bridgehead atoms. The monoisotopic (exact) mass is 488 g/mol. The number of benzene rings is 3. The van der Waals surface area contributed by atoms with Gasteiger partial charge in [-0.25, -0.2) is 0 Å². The molecule has 0 spiro atoms. The Kier molecular flexibility index (Phi) is 7.24. The number of nitrogens with one attached hydrogen (secondary N) is 1. The van der Waals surface area contributed by atoms with E-state index in [-0.39, 0.29) is 6.54 Å². The van der Waals surface area contributed by atoms with Gasteiger partial charge in [0, 0.05) is 15.5 Å². The van der Waals surface area contributed by atoms with Crippen molar-refractivity contribution in [2.24, 2.45) is 0 Å². The molecule has 1 aliphatic rings. The highest BCUT2D eigenvalue weighted by molar-refractivity contribution is 8.18. The van der Waals surface area contributed by atoms with E-state index in [1.165, 1.54) is 5.56 Å². The smallest absolute Gasteiger partial charge is 0.294 e. The molecule has 0 atom stereocenters. The largest absolute Gasteiger partial charge is 0.324 e. The van der Waals surface area contributed by atoms with E-state index in [0.29, 0.717) is 10.6 Å². The molecule has 1 fully saturated rings. The lowest BCUT2D eigenvalue weighted by Crippen LogP contribution is -2.36. The predicted molar refractivity (Wildman–Crippen MR) is 139 cm³/mol. The van der Waals surface area contributed by atoms with Gasteiger partial charge in [-0.15, -0.1) is 0 Å². The van der Waals surface area contributed by atoms with Crippen LogP contribution in [0.5, 0.6) is 0 Å². The summed E-state index contributed by atoms with van der Waals surface area (Å²) in [5, 5.41) is 2.35. The summed E-state index contributed by atoms with van der Waals surface area (Å²) in [5.74, 6) is -0.862. The van der Waals surface area contributed by atoms with Crippen LogP contribution in [0.2, 0.25) is 0 Å². The zero-order valence-electron chi connectivity index (χ0n) is 19.1. The highest BCUT2D eigenvalue weighted by atomic mass is 32.2. The van der Waals surface area contributed by atoms with Crippen LogP contribution in [0, 0.1) is 20.8 Å². The number of carbonyl (C=O) groups is 3. The van der Waals surface area contributed by atoms with Crippen LogP contribution < -0.4 is 5.32 Å². The van der Waals surface area contributed by atoms with Crippen molar-refractivity contribution < 1.29 is 14.4 Å². The van der Waals surface area contributed by atoms with Crippen molar-refractivity contribution in [2.75, 3.05) is 11.9 Å². The number of hydrogen-bond acceptors (Lipinski definition) is 5. The molecule has 7 heteroatoms. The van der Waals surface area contributed by atoms with Gasteiger partial charge in [-0.2, -0.15) is 0 Å². The zero-order valence-corrected chi connectivity index (χ0v) is 20.8. The van der Waals surface area contributed by atoms with Crippen molar-refractivity contribution in [3.05, 3.63) is 93.9 Å². The Hall–Kier alpha value is -3.29. The molecule has 3 aromatic carbocycles. The third kappa shape index (κ3) is 5.61. The minimum Gasteiger partial charge on any atom is -0.324 e. The first kappa shape index (κ1) is 23.9. The molecule has 4 rings (SSSR count). The molecular weight excluding hydrogens is 464 g/mol. The van der Waals surface area contributed by atoms with Gasteiger partial charge in [-0.05, 0) is 85.6 Å². The summed E-state index contributed by atoms with van der Waals surface area (Å²) in [6.07, 6.45) is 1.69. The minimum atomic E-state index is -0.454. The van der Waals surface area contributed by atoms with Crippen LogP contribution in [0.25, 0.3) is 6.08 Å². The summed E-state index contributed by atoms with van der Waals surface area (Å²) in [4.78, 5) is 41.2. The maximum atomic E-state index is 12.8. The fourth-order valence-corrected chi connectivity index (χ4v) is 5.04. The molecule has 1 N–H and O–H groups in total. The van der Waals surface area contributed by atoms with E-state index in [4.69, 9.17) is 0 Å². The van der Waals surface area contributed by atoms with Crippen LogP contribution in [-0.4, -0.2) is 28.5 Å². The Bertz CT molecular complexity index is 1280. The van der Waals surface area contributed by atoms with Crippen LogP contribution in [0.3, 0.4) is 0 Å². The second-order valence-corrected chi connectivity index (χ2v) is 10.2. The fourth-order valence-electron chi connectivity index (χ4n) is 3.38. The van der Waals surface area contributed by atoms with E-state index in [1.54, 1.807) is 23.9 Å². The van der Waals surface area contributed by atoms with Gasteiger partial charge >= 0.3 is 0 Å². The standard InChI is InChI=1S/C27H24N2O3S2/c1-17-7-11-21(12-8-17)33-22-13-9-20(10-14-22)15-24-26(31)29(27(32)34-24)16-25(30)28-23-6-4-5-18(2)19(23)3/h4-15H,16H2,1-3H3,(H,28,30)/b24-15-. The Labute approximate surface area is 207 Å². The Morgan fingerprint density at radius 3 is 2.26 bits per heavy atom. The number of imide groups is 1. The van der Waals surface area contributed by atoms with Gasteiger partial charge in [0.15, 0.2) is 0 Å². The Morgan fingerprint density at radius 2 is 1.59 bits per heavy atom. The third-order valence-corrected chi connectivity index (χ3v) is 7.41. The first-order valence-electron chi connectivity index (χ1n) is 10.8. The van der Waals surface area contributed by atoms with Crippen molar-refractivity contribution in [1.29, 1.82) is 0 Å². The second-order valence-electron chi connectivity index (χ2n) is 8.05. The summed E-state index contributed by atoms with van der Waals surface area (Å²) in [6, 6.07) is 21.7. The molecule has 3 amide bonds. The van der Waals surface area contributed by atoms with Crippen LogP contribution in [-0.2, 0) is 9.59 Å². The van der Waals surface area contributed by atoms with E-state index in [1.807, 2.05) is 50.2 Å². The Morgan fingerprint density at radius 1 is 0.941 bits per heavy atom. The van der Waals surface area contributed by atoms with E-state index < -0.39 is 17.1 Å². The average molecular weight is 489 g/mol. The summed E-state index contributed by atoms with van der Waals surface area (Å²) >= 11 is 2.51. The molecule has 1 heterocycles. The van der Waals surface area contributed by atoms with Crippen molar-refractivity contribution >= 4 is 52.3 Å². The van der Waals surface area contributed by atoms with Crippen molar-refractivity contribution in [3.63, 3.8) is 0 Å².